The molecule has 6 atom stereocenters. The molecule has 0 spiro atoms. The molecule has 52 heavy (non-hydrogen) atoms. The number of rotatable bonds is 36. The third-order valence-corrected chi connectivity index (χ3v) is 14.6. The summed E-state index contributed by atoms with van der Waals surface area (Å²) in [5.74, 6) is 1.09. The molecule has 0 aromatic carbocycles. The van der Waals surface area contributed by atoms with E-state index in [2.05, 4.69) is 25.3 Å². The van der Waals surface area contributed by atoms with Gasteiger partial charge < -0.3 is 43.0 Å². The highest BCUT2D eigenvalue weighted by Gasteiger charge is 2.40. The first kappa shape index (κ1) is 49.1. The van der Waals surface area contributed by atoms with Gasteiger partial charge in [-0.3, -0.25) is 18.2 Å². The Morgan fingerprint density at radius 1 is 0.673 bits per heavy atom. The van der Waals surface area contributed by atoms with Crippen molar-refractivity contribution in [1.29, 1.82) is 0 Å². The van der Waals surface area contributed by atoms with Gasteiger partial charge in [0.15, 0.2) is 5.90 Å². The SMILES string of the molecule is [3H]C(CO)OP(=O)(CP(=O)(O)OCC(C)(COCCCCCCS)COP(=O)(O)OCC(C)(CO)COCCCCCCS)OCCCC1CCCC1. The smallest absolute Gasteiger partial charge is 0.396 e. The number of thiol groups is 2. The van der Waals surface area contributed by atoms with E-state index in [9.17, 15) is 33.7 Å². The minimum absolute atomic E-state index is 0.0245. The van der Waals surface area contributed by atoms with Crippen molar-refractivity contribution >= 4 is 48.3 Å². The fourth-order valence-electron chi connectivity index (χ4n) is 5.39. The molecule has 0 bridgehead atoms. The standard InChI is InChI=1S/C33H69O14P3S2/c1-32(24-35,25-41-18-9-3-5-11-22-51)27-46-50(39,40)47-29-33(2,26-42-19-10-4-6-12-23-52)28-45-48(36,37)30-49(38,44-21-17-34)43-20-13-16-31-14-7-8-15-31/h31,34-35,51-52H,3-30H2,1-2H3,(H,36,37)(H,39,40)/i21T. The van der Waals surface area contributed by atoms with Gasteiger partial charge in [0.05, 0.1) is 60.8 Å². The molecule has 4 N–H and O–H groups in total. The molecule has 0 aromatic rings. The van der Waals surface area contributed by atoms with Crippen molar-refractivity contribution in [3.8, 4) is 0 Å². The van der Waals surface area contributed by atoms with Crippen LogP contribution < -0.4 is 0 Å². The first-order valence-electron chi connectivity index (χ1n) is 19.1. The van der Waals surface area contributed by atoms with Crippen LogP contribution in [0, 0.1) is 16.7 Å². The summed E-state index contributed by atoms with van der Waals surface area (Å²) in [6.07, 6.45) is 13.4. The number of unbranched alkanes of at least 4 members (excludes halogenated alkanes) is 6. The predicted molar refractivity (Wildman–Crippen MR) is 210 cm³/mol. The highest BCUT2D eigenvalue weighted by atomic mass is 32.1. The zero-order valence-corrected chi connectivity index (χ0v) is 35.8. The van der Waals surface area contributed by atoms with Gasteiger partial charge in [-0.25, -0.2) is 4.57 Å². The summed E-state index contributed by atoms with van der Waals surface area (Å²) in [6, 6.07) is 0. The molecule has 14 nitrogen and oxygen atoms in total. The molecule has 0 aliphatic heterocycles. The summed E-state index contributed by atoms with van der Waals surface area (Å²) in [6.45, 7) is -0.209. The molecule has 1 saturated carbocycles. The summed E-state index contributed by atoms with van der Waals surface area (Å²) in [5.41, 5.74) is -2.25. The first-order chi connectivity index (χ1) is 25.0. The van der Waals surface area contributed by atoms with Crippen LogP contribution in [-0.2, 0) is 45.8 Å². The Balaban J connectivity index is 2.88. The maximum absolute atomic E-state index is 13.6. The van der Waals surface area contributed by atoms with Crippen LogP contribution in [0.25, 0.3) is 0 Å². The van der Waals surface area contributed by atoms with Gasteiger partial charge in [-0.15, -0.1) is 0 Å². The van der Waals surface area contributed by atoms with E-state index in [4.69, 9.17) is 33.5 Å². The number of phosphoric acid groups is 1. The van der Waals surface area contributed by atoms with Gasteiger partial charge >= 0.3 is 23.0 Å². The Morgan fingerprint density at radius 3 is 1.73 bits per heavy atom. The zero-order valence-electron chi connectivity index (χ0n) is 32.4. The Bertz CT molecular complexity index is 1100. The summed E-state index contributed by atoms with van der Waals surface area (Å²) in [4.78, 5) is 21.4. The number of phosphoric ester groups is 1. The van der Waals surface area contributed by atoms with E-state index in [1.54, 1.807) is 13.8 Å². The van der Waals surface area contributed by atoms with E-state index >= 15 is 0 Å². The minimum atomic E-state index is -4.73. The molecule has 312 valence electrons. The van der Waals surface area contributed by atoms with Gasteiger partial charge in [-0.1, -0.05) is 65.2 Å². The lowest BCUT2D eigenvalue weighted by Gasteiger charge is -2.31. The average molecular weight is 849 g/mol. The fourth-order valence-corrected chi connectivity index (χ4v) is 10.8. The number of ether oxygens (including phenoxy) is 2. The number of aliphatic hydroxyl groups excluding tert-OH is 2. The third kappa shape index (κ3) is 25.3. The van der Waals surface area contributed by atoms with E-state index in [1.807, 2.05) is 0 Å². The van der Waals surface area contributed by atoms with Crippen molar-refractivity contribution in [2.24, 2.45) is 16.7 Å². The van der Waals surface area contributed by atoms with Crippen molar-refractivity contribution in [3.05, 3.63) is 0 Å². The van der Waals surface area contributed by atoms with Gasteiger partial charge in [-0.05, 0) is 55.9 Å². The fraction of sp³-hybridized carbons (Fsp3) is 1.00. The maximum atomic E-state index is 13.6. The molecular formula is C33H69O14P3S2. The normalized spacial score (nSPS) is 20.7. The number of aliphatic hydroxyl groups is 2. The molecule has 19 heteroatoms. The van der Waals surface area contributed by atoms with Crippen LogP contribution in [0.2, 0.25) is 0 Å². The largest absolute Gasteiger partial charge is 0.472 e. The predicted octanol–water partition coefficient (Wildman–Crippen LogP) is 7.49. The Morgan fingerprint density at radius 2 is 1.19 bits per heavy atom. The summed E-state index contributed by atoms with van der Waals surface area (Å²) in [5, 5.41) is 19.3. The Labute approximate surface area is 325 Å². The molecule has 1 aliphatic carbocycles. The summed E-state index contributed by atoms with van der Waals surface area (Å²) < 4.78 is 85.7. The molecular weight excluding hydrogens is 777 g/mol. The second-order valence-electron chi connectivity index (χ2n) is 14.4. The van der Waals surface area contributed by atoms with Crippen molar-refractivity contribution in [1.82, 2.24) is 0 Å². The average Bonchev–Trinajstić information content (AvgIpc) is 3.64. The van der Waals surface area contributed by atoms with Crippen molar-refractivity contribution in [2.75, 3.05) is 90.1 Å². The van der Waals surface area contributed by atoms with Crippen LogP contribution in [-0.4, -0.2) is 110 Å². The number of hydrogen-bond donors (Lipinski definition) is 6. The topological polar surface area (TPSA) is 197 Å². The quantitative estimate of drug-likeness (QED) is 0.0206. The minimum Gasteiger partial charge on any atom is -0.396 e. The Hall–Kier alpha value is 0.950. The second-order valence-corrected chi connectivity index (χ2v) is 21.1. The second kappa shape index (κ2) is 28.4. The van der Waals surface area contributed by atoms with Crippen molar-refractivity contribution in [3.63, 3.8) is 0 Å². The van der Waals surface area contributed by atoms with Crippen LogP contribution >= 0.6 is 48.3 Å². The number of hydrogen-bond acceptors (Lipinski definition) is 14. The molecule has 0 radical (unpaired) electrons. The van der Waals surface area contributed by atoms with Crippen LogP contribution in [0.15, 0.2) is 0 Å². The van der Waals surface area contributed by atoms with E-state index in [-0.39, 0.29) is 33.0 Å². The van der Waals surface area contributed by atoms with Gasteiger partial charge in [0.2, 0.25) is 0 Å². The molecule has 1 aliphatic rings. The molecule has 1 fully saturated rings. The van der Waals surface area contributed by atoms with Gasteiger partial charge in [0, 0.05) is 24.0 Å². The van der Waals surface area contributed by atoms with E-state index in [1.165, 1.54) is 12.8 Å². The van der Waals surface area contributed by atoms with E-state index < -0.39 is 66.2 Å². The molecule has 0 saturated heterocycles. The van der Waals surface area contributed by atoms with Gasteiger partial charge in [0.25, 0.3) is 0 Å². The third-order valence-electron chi connectivity index (χ3n) is 8.62. The highest BCUT2D eigenvalue weighted by molar-refractivity contribution is 7.80. The van der Waals surface area contributed by atoms with Crippen LogP contribution in [0.5, 0.6) is 0 Å². The molecule has 6 unspecified atom stereocenters. The van der Waals surface area contributed by atoms with Crippen LogP contribution in [0.1, 0.15) is 105 Å². The lowest BCUT2D eigenvalue weighted by molar-refractivity contribution is -0.0320. The highest BCUT2D eigenvalue weighted by Crippen LogP contribution is 2.62. The zero-order chi connectivity index (χ0) is 39.7. The Kier molecular flexibility index (Phi) is 26.8. The van der Waals surface area contributed by atoms with Crippen LogP contribution in [0.3, 0.4) is 0 Å². The van der Waals surface area contributed by atoms with E-state index in [0.29, 0.717) is 25.6 Å². The molecule has 0 heterocycles. The van der Waals surface area contributed by atoms with Crippen molar-refractivity contribution < 1.29 is 67.2 Å². The van der Waals surface area contributed by atoms with Gasteiger partial charge in [-0.2, -0.15) is 25.3 Å². The summed E-state index contributed by atoms with van der Waals surface area (Å²) in [7, 11) is -13.8. The van der Waals surface area contributed by atoms with Crippen molar-refractivity contribution in [2.45, 2.75) is 104 Å². The summed E-state index contributed by atoms with van der Waals surface area (Å²) >= 11 is 8.42. The molecule has 0 amide bonds. The monoisotopic (exact) mass is 848 g/mol. The van der Waals surface area contributed by atoms with E-state index in [0.717, 1.165) is 82.1 Å². The van der Waals surface area contributed by atoms with Gasteiger partial charge in [0.1, 0.15) is 0 Å². The molecule has 1 rings (SSSR count). The lowest BCUT2D eigenvalue weighted by Crippen LogP contribution is -2.35. The lowest BCUT2D eigenvalue weighted by atomic mass is 9.94. The first-order valence-corrected chi connectivity index (χ1v) is 24.8. The maximum Gasteiger partial charge on any atom is 0.472 e. The van der Waals surface area contributed by atoms with Crippen LogP contribution in [0.4, 0.5) is 0 Å². The molecule has 0 aromatic heterocycles.